The van der Waals surface area contributed by atoms with E-state index in [1.54, 1.807) is 60.7 Å². The van der Waals surface area contributed by atoms with Gasteiger partial charge >= 0.3 is 0 Å². The van der Waals surface area contributed by atoms with Gasteiger partial charge in [0.2, 0.25) is 11.2 Å². The molecule has 0 bridgehead atoms. The molecule has 0 amide bonds. The molecule has 3 aromatic carbocycles. The average molecular weight is 409 g/mol. The van der Waals surface area contributed by atoms with Crippen LogP contribution < -0.4 is 5.43 Å². The van der Waals surface area contributed by atoms with Gasteiger partial charge < -0.3 is 4.42 Å². The molecule has 0 saturated carbocycles. The summed E-state index contributed by atoms with van der Waals surface area (Å²) in [5.74, 6) is -0.197. The van der Waals surface area contributed by atoms with Crippen LogP contribution in [0, 0.1) is 6.92 Å². The second-order valence-corrected chi connectivity index (χ2v) is 7.35. The number of carbonyl (C=O) groups is 1. The monoisotopic (exact) mass is 408 g/mol. The lowest BCUT2D eigenvalue weighted by molar-refractivity contribution is 0.103. The maximum Gasteiger partial charge on any atom is 0.204 e. The van der Waals surface area contributed by atoms with E-state index >= 15 is 0 Å². The van der Waals surface area contributed by atoms with Crippen molar-refractivity contribution in [3.05, 3.63) is 104 Å². The summed E-state index contributed by atoms with van der Waals surface area (Å²) < 4.78 is 6.06. The number of fused-ring (bicyclic) bond motifs is 1. The molecule has 0 unspecified atom stereocenters. The lowest BCUT2D eigenvalue weighted by atomic mass is 9.97. The van der Waals surface area contributed by atoms with Gasteiger partial charge in [0.15, 0.2) is 0 Å². The molecular formula is C23H14Cl2O3. The number of benzene rings is 3. The van der Waals surface area contributed by atoms with E-state index in [0.717, 1.165) is 5.56 Å². The predicted octanol–water partition coefficient (Wildman–Crippen LogP) is 6.31. The Labute approximate surface area is 171 Å². The minimum Gasteiger partial charge on any atom is -0.455 e. The first-order valence-corrected chi connectivity index (χ1v) is 9.33. The first-order chi connectivity index (χ1) is 13.4. The van der Waals surface area contributed by atoms with E-state index in [4.69, 9.17) is 27.6 Å². The highest BCUT2D eigenvalue weighted by Gasteiger charge is 2.23. The third-order valence-electron chi connectivity index (χ3n) is 4.49. The second kappa shape index (κ2) is 7.27. The quantitative estimate of drug-likeness (QED) is 0.373. The standard InChI is InChI=1S/C23H14Cl2O3/c1-13-2-11-18-19(12-13)28-23(15-5-9-17(25)10-6-15)20(22(18)27)21(26)14-3-7-16(24)8-4-14/h2-12H,1H3. The van der Waals surface area contributed by atoms with Crippen LogP contribution in [-0.4, -0.2) is 5.78 Å². The summed E-state index contributed by atoms with van der Waals surface area (Å²) in [5.41, 5.74) is 1.96. The normalized spacial score (nSPS) is 11.0. The highest BCUT2D eigenvalue weighted by molar-refractivity contribution is 6.31. The first kappa shape index (κ1) is 18.5. The number of halogens is 2. The zero-order valence-corrected chi connectivity index (χ0v) is 16.3. The summed E-state index contributed by atoms with van der Waals surface area (Å²) in [7, 11) is 0. The van der Waals surface area contributed by atoms with E-state index < -0.39 is 5.78 Å². The van der Waals surface area contributed by atoms with Crippen molar-refractivity contribution < 1.29 is 9.21 Å². The molecule has 0 aliphatic carbocycles. The first-order valence-electron chi connectivity index (χ1n) is 8.58. The van der Waals surface area contributed by atoms with Gasteiger partial charge in [-0.15, -0.1) is 0 Å². The molecule has 0 atom stereocenters. The lowest BCUT2D eigenvalue weighted by Crippen LogP contribution is -2.18. The Balaban J connectivity index is 2.03. The van der Waals surface area contributed by atoms with Crippen LogP contribution in [0.1, 0.15) is 21.5 Å². The van der Waals surface area contributed by atoms with Gasteiger partial charge in [-0.3, -0.25) is 9.59 Å². The summed E-state index contributed by atoms with van der Waals surface area (Å²) in [5, 5.41) is 1.42. The minimum absolute atomic E-state index is 0.0130. The van der Waals surface area contributed by atoms with E-state index in [-0.39, 0.29) is 16.8 Å². The summed E-state index contributed by atoms with van der Waals surface area (Å²) >= 11 is 11.9. The van der Waals surface area contributed by atoms with Crippen LogP contribution in [0.2, 0.25) is 10.0 Å². The Morgan fingerprint density at radius 2 is 1.46 bits per heavy atom. The molecule has 5 heteroatoms. The van der Waals surface area contributed by atoms with Crippen molar-refractivity contribution >= 4 is 40.0 Å². The summed E-state index contributed by atoms with van der Waals surface area (Å²) in [6.45, 7) is 1.91. The molecule has 0 aliphatic rings. The smallest absolute Gasteiger partial charge is 0.204 e. The van der Waals surface area contributed by atoms with Crippen LogP contribution in [-0.2, 0) is 0 Å². The van der Waals surface area contributed by atoms with Crippen LogP contribution >= 0.6 is 23.2 Å². The molecule has 3 nitrogen and oxygen atoms in total. The van der Waals surface area contributed by atoms with E-state index in [0.29, 0.717) is 32.1 Å². The summed E-state index contributed by atoms with van der Waals surface area (Å²) in [4.78, 5) is 26.5. The summed E-state index contributed by atoms with van der Waals surface area (Å²) in [6, 6.07) is 18.5. The van der Waals surface area contributed by atoms with Crippen molar-refractivity contribution in [3.8, 4) is 11.3 Å². The molecule has 1 aromatic heterocycles. The van der Waals surface area contributed by atoms with E-state index in [1.807, 2.05) is 13.0 Å². The van der Waals surface area contributed by atoms with Crippen molar-refractivity contribution in [2.75, 3.05) is 0 Å². The fraction of sp³-hybridized carbons (Fsp3) is 0.0435. The van der Waals surface area contributed by atoms with Gasteiger partial charge in [0.1, 0.15) is 16.9 Å². The maximum absolute atomic E-state index is 13.2. The third kappa shape index (κ3) is 3.35. The van der Waals surface area contributed by atoms with Gasteiger partial charge in [-0.2, -0.15) is 0 Å². The zero-order chi connectivity index (χ0) is 19.8. The molecule has 0 radical (unpaired) electrons. The average Bonchev–Trinajstić information content (AvgIpc) is 2.68. The van der Waals surface area contributed by atoms with Crippen LogP contribution in [0.3, 0.4) is 0 Å². The molecule has 4 aromatic rings. The van der Waals surface area contributed by atoms with Crippen molar-refractivity contribution in [1.29, 1.82) is 0 Å². The number of rotatable bonds is 3. The van der Waals surface area contributed by atoms with Gasteiger partial charge in [0, 0.05) is 21.2 Å². The summed E-state index contributed by atoms with van der Waals surface area (Å²) in [6.07, 6.45) is 0. The highest BCUT2D eigenvalue weighted by Crippen LogP contribution is 2.29. The Hall–Kier alpha value is -2.88. The van der Waals surface area contributed by atoms with Gasteiger partial charge in [0.05, 0.1) is 5.39 Å². The fourth-order valence-corrected chi connectivity index (χ4v) is 3.31. The molecule has 0 aliphatic heterocycles. The lowest BCUT2D eigenvalue weighted by Gasteiger charge is -2.10. The van der Waals surface area contributed by atoms with Gasteiger partial charge in [0.25, 0.3) is 0 Å². The topological polar surface area (TPSA) is 47.3 Å². The molecule has 138 valence electrons. The molecule has 4 rings (SSSR count). The van der Waals surface area contributed by atoms with Crippen LogP contribution in [0.5, 0.6) is 0 Å². The predicted molar refractivity (Wildman–Crippen MR) is 113 cm³/mol. The minimum atomic E-state index is -0.419. The van der Waals surface area contributed by atoms with Crippen LogP contribution in [0.4, 0.5) is 0 Å². The number of aryl methyl sites for hydroxylation is 1. The van der Waals surface area contributed by atoms with Crippen LogP contribution in [0.15, 0.2) is 75.9 Å². The molecular weight excluding hydrogens is 395 g/mol. The number of ketones is 1. The zero-order valence-electron chi connectivity index (χ0n) is 14.8. The molecule has 0 saturated heterocycles. The largest absolute Gasteiger partial charge is 0.455 e. The third-order valence-corrected chi connectivity index (χ3v) is 4.99. The van der Waals surface area contributed by atoms with Gasteiger partial charge in [-0.25, -0.2) is 0 Å². The molecule has 0 spiro atoms. The Bertz CT molecular complexity index is 1250. The Morgan fingerprint density at radius 3 is 2.11 bits per heavy atom. The molecule has 0 N–H and O–H groups in total. The fourth-order valence-electron chi connectivity index (χ4n) is 3.06. The number of carbonyl (C=O) groups excluding carboxylic acids is 1. The van der Waals surface area contributed by atoms with Crippen molar-refractivity contribution in [2.24, 2.45) is 0 Å². The van der Waals surface area contributed by atoms with Crippen LogP contribution in [0.25, 0.3) is 22.3 Å². The van der Waals surface area contributed by atoms with Gasteiger partial charge in [-0.1, -0.05) is 29.3 Å². The molecule has 28 heavy (non-hydrogen) atoms. The molecule has 1 heterocycles. The maximum atomic E-state index is 13.2. The molecule has 0 fully saturated rings. The van der Waals surface area contributed by atoms with E-state index in [9.17, 15) is 9.59 Å². The van der Waals surface area contributed by atoms with E-state index in [2.05, 4.69) is 0 Å². The van der Waals surface area contributed by atoms with Crippen molar-refractivity contribution in [1.82, 2.24) is 0 Å². The Kier molecular flexibility index (Phi) is 4.80. The number of hydrogen-bond acceptors (Lipinski definition) is 3. The second-order valence-electron chi connectivity index (χ2n) is 6.48. The highest BCUT2D eigenvalue weighted by atomic mass is 35.5. The SMILES string of the molecule is Cc1ccc2c(=O)c(C(=O)c3ccc(Cl)cc3)c(-c3ccc(Cl)cc3)oc2c1. The van der Waals surface area contributed by atoms with Crippen molar-refractivity contribution in [2.45, 2.75) is 6.92 Å². The number of hydrogen-bond donors (Lipinski definition) is 0. The Morgan fingerprint density at radius 1 is 0.857 bits per heavy atom. The van der Waals surface area contributed by atoms with Crippen molar-refractivity contribution in [3.63, 3.8) is 0 Å². The van der Waals surface area contributed by atoms with Gasteiger partial charge in [-0.05, 0) is 73.2 Å². The van der Waals surface area contributed by atoms with E-state index in [1.165, 1.54) is 0 Å².